The van der Waals surface area contributed by atoms with Gasteiger partial charge in [-0.25, -0.2) is 22.8 Å². The van der Waals surface area contributed by atoms with Gasteiger partial charge in [-0.3, -0.25) is 0 Å². The first-order valence-corrected chi connectivity index (χ1v) is 13.5. The number of halogens is 1. The molecule has 0 atom stereocenters. The van der Waals surface area contributed by atoms with Gasteiger partial charge in [-0.2, -0.15) is 4.31 Å². The number of imidazole rings is 1. The van der Waals surface area contributed by atoms with E-state index in [1.165, 1.54) is 16.6 Å². The second-order valence-electron chi connectivity index (χ2n) is 9.11. The fourth-order valence-electron chi connectivity index (χ4n) is 4.83. The summed E-state index contributed by atoms with van der Waals surface area (Å²) in [6.07, 6.45) is 7.41. The van der Waals surface area contributed by atoms with Crippen LogP contribution in [0.5, 0.6) is 0 Å². The van der Waals surface area contributed by atoms with E-state index >= 15 is 0 Å². The van der Waals surface area contributed by atoms with Gasteiger partial charge in [-0.15, -0.1) is 0 Å². The number of nitrogens with one attached hydrogen (secondary N) is 1. The lowest BCUT2D eigenvalue weighted by atomic mass is 10.0. The molecule has 0 saturated carbocycles. The van der Waals surface area contributed by atoms with Crippen molar-refractivity contribution in [3.05, 3.63) is 90.3 Å². The van der Waals surface area contributed by atoms with Crippen LogP contribution in [-0.4, -0.2) is 51.6 Å². The lowest BCUT2D eigenvalue weighted by molar-refractivity contribution is 0.445. The normalized spacial score (nSPS) is 15.0. The molecule has 6 rings (SSSR count). The summed E-state index contributed by atoms with van der Waals surface area (Å²) in [6.45, 7) is 1.36. The van der Waals surface area contributed by atoms with Gasteiger partial charge in [0.25, 0.3) is 0 Å². The molecule has 1 N–H and O–H groups in total. The zero-order valence-electron chi connectivity index (χ0n) is 19.6. The predicted molar refractivity (Wildman–Crippen MR) is 139 cm³/mol. The summed E-state index contributed by atoms with van der Waals surface area (Å²) in [6, 6.07) is 16.8. The average Bonchev–Trinajstić information content (AvgIpc) is 3.48. The summed E-state index contributed by atoms with van der Waals surface area (Å²) >= 11 is 0. The molecule has 36 heavy (non-hydrogen) atoms. The van der Waals surface area contributed by atoms with Crippen molar-refractivity contribution in [3.8, 4) is 11.1 Å². The number of aromatic amines is 1. The number of sulfonamides is 1. The van der Waals surface area contributed by atoms with Gasteiger partial charge in [0.05, 0.1) is 23.6 Å². The molecule has 2 aromatic carbocycles. The van der Waals surface area contributed by atoms with E-state index in [9.17, 15) is 12.8 Å². The van der Waals surface area contributed by atoms with E-state index in [2.05, 4.69) is 27.1 Å². The third-order valence-electron chi connectivity index (χ3n) is 6.69. The second-order valence-corrected chi connectivity index (χ2v) is 11.1. The molecule has 0 bridgehead atoms. The molecular formula is C27H24FN5O2S. The molecule has 0 spiro atoms. The fraction of sp³-hybridized carbons (Fsp3) is 0.185. The fourth-order valence-corrected chi connectivity index (χ4v) is 5.60. The zero-order valence-corrected chi connectivity index (χ0v) is 20.5. The number of rotatable bonds is 5. The van der Waals surface area contributed by atoms with E-state index in [4.69, 9.17) is 0 Å². The Labute approximate surface area is 208 Å². The molecule has 0 radical (unpaired) electrons. The van der Waals surface area contributed by atoms with E-state index in [-0.39, 0.29) is 5.82 Å². The van der Waals surface area contributed by atoms with Crippen molar-refractivity contribution < 1.29 is 12.8 Å². The molecule has 0 amide bonds. The van der Waals surface area contributed by atoms with Gasteiger partial charge in [0.15, 0.2) is 0 Å². The van der Waals surface area contributed by atoms with Crippen molar-refractivity contribution >= 4 is 37.7 Å². The maximum atomic E-state index is 13.7. The van der Waals surface area contributed by atoms with Crippen LogP contribution < -0.4 is 0 Å². The Bertz CT molecular complexity index is 1750. The molecule has 1 aliphatic rings. The largest absolute Gasteiger partial charge is 0.339 e. The SMILES string of the molecule is CS(=O)(=O)N1CC=C(c2cc3c(-c4ccc5ncn(Cc6cccc(F)c6)c5c4)ccnc3[nH]2)CC1. The first-order valence-electron chi connectivity index (χ1n) is 11.7. The summed E-state index contributed by atoms with van der Waals surface area (Å²) in [7, 11) is -3.20. The summed E-state index contributed by atoms with van der Waals surface area (Å²) < 4.78 is 40.9. The number of hydrogen-bond donors (Lipinski definition) is 1. The van der Waals surface area contributed by atoms with E-state index < -0.39 is 10.0 Å². The van der Waals surface area contributed by atoms with Gasteiger partial charge in [0.1, 0.15) is 11.5 Å². The Morgan fingerprint density at radius 1 is 1.08 bits per heavy atom. The number of aromatic nitrogens is 4. The molecule has 0 unspecified atom stereocenters. The lowest BCUT2D eigenvalue weighted by Crippen LogP contribution is -2.33. The number of fused-ring (bicyclic) bond motifs is 2. The molecule has 0 fully saturated rings. The molecule has 0 saturated heterocycles. The van der Waals surface area contributed by atoms with E-state index in [1.54, 1.807) is 24.7 Å². The second kappa shape index (κ2) is 8.69. The minimum Gasteiger partial charge on any atom is -0.339 e. The Hall–Kier alpha value is -3.82. The van der Waals surface area contributed by atoms with Gasteiger partial charge in [0, 0.05) is 36.9 Å². The van der Waals surface area contributed by atoms with Gasteiger partial charge < -0.3 is 9.55 Å². The summed E-state index contributed by atoms with van der Waals surface area (Å²) in [5.74, 6) is -0.253. The predicted octanol–water partition coefficient (Wildman–Crippen LogP) is 4.82. The number of nitrogens with zero attached hydrogens (tertiary/aromatic N) is 4. The molecule has 9 heteroatoms. The van der Waals surface area contributed by atoms with Crippen LogP contribution >= 0.6 is 0 Å². The third-order valence-corrected chi connectivity index (χ3v) is 7.96. The molecule has 0 aliphatic carbocycles. The van der Waals surface area contributed by atoms with Gasteiger partial charge in [0.2, 0.25) is 10.0 Å². The van der Waals surface area contributed by atoms with Gasteiger partial charge in [-0.1, -0.05) is 24.3 Å². The summed E-state index contributed by atoms with van der Waals surface area (Å²) in [5, 5.41) is 0.995. The number of H-pyrrole nitrogens is 1. The first-order chi connectivity index (χ1) is 17.3. The summed E-state index contributed by atoms with van der Waals surface area (Å²) in [4.78, 5) is 12.5. The minimum atomic E-state index is -3.20. The topological polar surface area (TPSA) is 83.9 Å². The Balaban J connectivity index is 1.36. The third kappa shape index (κ3) is 4.20. The van der Waals surface area contributed by atoms with Crippen LogP contribution in [0.15, 0.2) is 73.2 Å². The van der Waals surface area contributed by atoms with Crippen LogP contribution in [0.2, 0.25) is 0 Å². The van der Waals surface area contributed by atoms with Gasteiger partial charge >= 0.3 is 0 Å². The van der Waals surface area contributed by atoms with Crippen molar-refractivity contribution in [2.75, 3.05) is 19.3 Å². The van der Waals surface area contributed by atoms with E-state index in [1.807, 2.05) is 34.9 Å². The molecule has 5 aromatic rings. The standard InChI is InChI=1S/C27H24FN5O2S/c1-36(34,35)33-11-8-19(9-12-33)25-15-23-22(7-10-29-27(23)31-25)20-5-6-24-26(14-20)32(17-30-24)16-18-3-2-4-21(28)13-18/h2-8,10,13-15,17H,9,11-12,16H2,1H3,(H,29,31). The van der Waals surface area contributed by atoms with Crippen LogP contribution in [0.1, 0.15) is 17.7 Å². The van der Waals surface area contributed by atoms with Crippen molar-refractivity contribution in [2.45, 2.75) is 13.0 Å². The van der Waals surface area contributed by atoms with E-state index in [0.29, 0.717) is 26.1 Å². The van der Waals surface area contributed by atoms with Crippen molar-refractivity contribution in [3.63, 3.8) is 0 Å². The van der Waals surface area contributed by atoms with Gasteiger partial charge in [-0.05, 0) is 65.1 Å². The minimum absolute atomic E-state index is 0.253. The van der Waals surface area contributed by atoms with Crippen molar-refractivity contribution in [1.29, 1.82) is 0 Å². The first kappa shape index (κ1) is 22.6. The molecule has 4 heterocycles. The van der Waals surface area contributed by atoms with Crippen LogP contribution in [0, 0.1) is 5.82 Å². The van der Waals surface area contributed by atoms with Crippen LogP contribution in [-0.2, 0) is 16.6 Å². The maximum Gasteiger partial charge on any atom is 0.211 e. The Morgan fingerprint density at radius 3 is 2.75 bits per heavy atom. The molecule has 7 nitrogen and oxygen atoms in total. The molecular weight excluding hydrogens is 477 g/mol. The molecule has 182 valence electrons. The Morgan fingerprint density at radius 2 is 1.97 bits per heavy atom. The number of benzene rings is 2. The van der Waals surface area contributed by atoms with E-state index in [0.717, 1.165) is 50.0 Å². The maximum absolute atomic E-state index is 13.7. The average molecular weight is 502 g/mol. The van der Waals surface area contributed by atoms with Crippen molar-refractivity contribution in [2.24, 2.45) is 0 Å². The zero-order chi connectivity index (χ0) is 24.9. The lowest BCUT2D eigenvalue weighted by Gasteiger charge is -2.23. The Kier molecular flexibility index (Phi) is 5.46. The van der Waals surface area contributed by atoms with Crippen molar-refractivity contribution in [1.82, 2.24) is 23.8 Å². The monoisotopic (exact) mass is 501 g/mol. The highest BCUT2D eigenvalue weighted by molar-refractivity contribution is 7.88. The van der Waals surface area contributed by atoms with Crippen LogP contribution in [0.4, 0.5) is 4.39 Å². The molecule has 3 aromatic heterocycles. The highest BCUT2D eigenvalue weighted by atomic mass is 32.2. The highest BCUT2D eigenvalue weighted by Gasteiger charge is 2.21. The number of pyridine rings is 1. The quantitative estimate of drug-likeness (QED) is 0.374. The number of hydrogen-bond acceptors (Lipinski definition) is 4. The van der Waals surface area contributed by atoms with Crippen LogP contribution in [0.3, 0.4) is 0 Å². The summed E-state index contributed by atoms with van der Waals surface area (Å²) in [5.41, 5.74) is 7.60. The highest BCUT2D eigenvalue weighted by Crippen LogP contribution is 2.33. The smallest absolute Gasteiger partial charge is 0.211 e. The molecule has 1 aliphatic heterocycles. The van der Waals surface area contributed by atoms with Crippen LogP contribution in [0.25, 0.3) is 38.8 Å².